The number of hydrogen-bond donors (Lipinski definition) is 1. The van der Waals surface area contributed by atoms with Crippen LogP contribution in [0.4, 0.5) is 4.79 Å². The Morgan fingerprint density at radius 1 is 1.19 bits per heavy atom. The summed E-state index contributed by atoms with van der Waals surface area (Å²) in [6, 6.07) is 8.85. The Morgan fingerprint density at radius 2 is 1.86 bits per heavy atom. The van der Waals surface area contributed by atoms with E-state index in [1.165, 1.54) is 7.11 Å². The molecular weight excluding hydrogens is 274 g/mol. The van der Waals surface area contributed by atoms with Gasteiger partial charge in [0, 0.05) is 12.5 Å². The smallest absolute Gasteiger partial charge is 0.407 e. The lowest BCUT2D eigenvalue weighted by molar-refractivity contribution is -0.143. The number of ether oxygens (including phenoxy) is 2. The summed E-state index contributed by atoms with van der Waals surface area (Å²) in [4.78, 5) is 34.0. The molecule has 114 valence electrons. The summed E-state index contributed by atoms with van der Waals surface area (Å²) in [6.07, 6.45) is -0.839. The predicted molar refractivity (Wildman–Crippen MR) is 75.5 cm³/mol. The van der Waals surface area contributed by atoms with Crippen LogP contribution in [0.5, 0.6) is 0 Å². The van der Waals surface area contributed by atoms with Crippen molar-refractivity contribution in [2.45, 2.75) is 32.4 Å². The van der Waals surface area contributed by atoms with Crippen LogP contribution in [-0.2, 0) is 25.7 Å². The molecule has 0 aliphatic rings. The van der Waals surface area contributed by atoms with Crippen LogP contribution in [0.25, 0.3) is 0 Å². The van der Waals surface area contributed by atoms with Gasteiger partial charge < -0.3 is 14.8 Å². The van der Waals surface area contributed by atoms with Crippen molar-refractivity contribution in [3.8, 4) is 0 Å². The molecule has 0 aliphatic carbocycles. The van der Waals surface area contributed by atoms with E-state index in [9.17, 15) is 14.4 Å². The first-order valence-electron chi connectivity index (χ1n) is 6.57. The molecule has 0 radical (unpaired) electrons. The second-order valence-electron chi connectivity index (χ2n) is 4.60. The summed E-state index contributed by atoms with van der Waals surface area (Å²) in [7, 11) is 1.22. The summed E-state index contributed by atoms with van der Waals surface area (Å²) in [5.74, 6) is -0.878. The van der Waals surface area contributed by atoms with Gasteiger partial charge in [0.25, 0.3) is 0 Å². The first kappa shape index (κ1) is 16.7. The van der Waals surface area contributed by atoms with Crippen LogP contribution >= 0.6 is 0 Å². The number of amides is 1. The second kappa shape index (κ2) is 8.73. The highest BCUT2D eigenvalue weighted by atomic mass is 16.5. The van der Waals surface area contributed by atoms with Crippen LogP contribution in [0.3, 0.4) is 0 Å². The molecule has 1 rings (SSSR count). The molecular formula is C15H19NO5. The lowest BCUT2D eigenvalue weighted by Crippen LogP contribution is -2.34. The minimum Gasteiger partial charge on any atom is -0.469 e. The highest BCUT2D eigenvalue weighted by Crippen LogP contribution is 2.02. The lowest BCUT2D eigenvalue weighted by Gasteiger charge is -2.13. The van der Waals surface area contributed by atoms with Crippen LogP contribution in [0.2, 0.25) is 0 Å². The molecule has 21 heavy (non-hydrogen) atoms. The summed E-state index contributed by atoms with van der Waals surface area (Å²) in [5.41, 5.74) is 0.877. The van der Waals surface area contributed by atoms with E-state index >= 15 is 0 Å². The summed E-state index contributed by atoms with van der Waals surface area (Å²) < 4.78 is 9.43. The standard InChI is InChI=1S/C15H19NO5/c1-11(8-13(17)9-14(18)20-2)16-15(19)21-10-12-6-4-3-5-7-12/h3-7,11H,8-10H2,1-2H3,(H,16,19). The van der Waals surface area contributed by atoms with Crippen LogP contribution in [0.1, 0.15) is 25.3 Å². The number of benzene rings is 1. The Balaban J connectivity index is 2.27. The molecule has 1 unspecified atom stereocenters. The van der Waals surface area contributed by atoms with Crippen molar-refractivity contribution in [2.75, 3.05) is 7.11 Å². The van der Waals surface area contributed by atoms with Crippen LogP contribution in [0.15, 0.2) is 30.3 Å². The third-order valence-corrected chi connectivity index (χ3v) is 2.68. The average molecular weight is 293 g/mol. The first-order valence-corrected chi connectivity index (χ1v) is 6.57. The van der Waals surface area contributed by atoms with Crippen LogP contribution in [-0.4, -0.2) is 31.0 Å². The van der Waals surface area contributed by atoms with Gasteiger partial charge in [0.15, 0.2) is 0 Å². The van der Waals surface area contributed by atoms with E-state index in [2.05, 4.69) is 10.1 Å². The van der Waals surface area contributed by atoms with E-state index in [1.807, 2.05) is 30.3 Å². The highest BCUT2D eigenvalue weighted by molar-refractivity contribution is 5.95. The molecule has 0 aliphatic heterocycles. The fraction of sp³-hybridized carbons (Fsp3) is 0.400. The van der Waals surface area contributed by atoms with Crippen molar-refractivity contribution in [2.24, 2.45) is 0 Å². The third-order valence-electron chi connectivity index (χ3n) is 2.68. The molecule has 1 amide bonds. The summed E-state index contributed by atoms with van der Waals surface area (Å²) in [6.45, 7) is 1.83. The van der Waals surface area contributed by atoms with Gasteiger partial charge in [0.2, 0.25) is 0 Å². The zero-order valence-corrected chi connectivity index (χ0v) is 12.1. The van der Waals surface area contributed by atoms with E-state index < -0.39 is 18.1 Å². The number of rotatable bonds is 7. The van der Waals surface area contributed by atoms with Gasteiger partial charge in [0.05, 0.1) is 7.11 Å². The van der Waals surface area contributed by atoms with Gasteiger partial charge in [0.1, 0.15) is 18.8 Å². The molecule has 1 N–H and O–H groups in total. The minimum absolute atomic E-state index is 0.0511. The van der Waals surface area contributed by atoms with E-state index in [1.54, 1.807) is 6.92 Å². The van der Waals surface area contributed by atoms with E-state index in [0.29, 0.717) is 0 Å². The topological polar surface area (TPSA) is 81.7 Å². The van der Waals surface area contributed by atoms with Crippen molar-refractivity contribution in [3.63, 3.8) is 0 Å². The number of Topliss-reactive ketones (excluding diaryl/α,β-unsaturated/α-hetero) is 1. The molecule has 6 nitrogen and oxygen atoms in total. The molecule has 0 aromatic heterocycles. The molecule has 0 fully saturated rings. The molecule has 0 saturated heterocycles. The van der Waals surface area contributed by atoms with Gasteiger partial charge >= 0.3 is 12.1 Å². The fourth-order valence-electron chi connectivity index (χ4n) is 1.66. The van der Waals surface area contributed by atoms with Crippen molar-refractivity contribution in [3.05, 3.63) is 35.9 Å². The van der Waals surface area contributed by atoms with Gasteiger partial charge in [-0.15, -0.1) is 0 Å². The molecule has 1 aromatic rings. The molecule has 1 aromatic carbocycles. The van der Waals surface area contributed by atoms with E-state index in [0.717, 1.165) is 5.56 Å². The number of carbonyl (C=O) groups excluding carboxylic acids is 3. The maximum absolute atomic E-state index is 11.6. The number of esters is 1. The number of nitrogens with one attached hydrogen (secondary N) is 1. The predicted octanol–water partition coefficient (Wildman–Crippen LogP) is 1.82. The Hall–Kier alpha value is -2.37. The number of carbonyl (C=O) groups is 3. The molecule has 0 saturated carbocycles. The first-order chi connectivity index (χ1) is 10.0. The Morgan fingerprint density at radius 3 is 2.48 bits per heavy atom. The highest BCUT2D eigenvalue weighted by Gasteiger charge is 2.15. The zero-order chi connectivity index (χ0) is 15.7. The van der Waals surface area contributed by atoms with Crippen LogP contribution in [0, 0.1) is 0 Å². The number of alkyl carbamates (subject to hydrolysis) is 1. The monoisotopic (exact) mass is 293 g/mol. The third kappa shape index (κ3) is 7.10. The van der Waals surface area contributed by atoms with Crippen LogP contribution < -0.4 is 5.32 Å². The van der Waals surface area contributed by atoms with E-state index in [4.69, 9.17) is 4.74 Å². The minimum atomic E-state index is -0.600. The van der Waals surface area contributed by atoms with Gasteiger partial charge in [-0.2, -0.15) is 0 Å². The lowest BCUT2D eigenvalue weighted by atomic mass is 10.1. The van der Waals surface area contributed by atoms with Crippen molar-refractivity contribution < 1.29 is 23.9 Å². The maximum Gasteiger partial charge on any atom is 0.407 e. The normalized spacial score (nSPS) is 11.3. The molecule has 1 atom stereocenters. The zero-order valence-electron chi connectivity index (χ0n) is 12.1. The Bertz CT molecular complexity index is 486. The van der Waals surface area contributed by atoms with Gasteiger partial charge in [-0.05, 0) is 12.5 Å². The molecule has 0 heterocycles. The van der Waals surface area contributed by atoms with Gasteiger partial charge in [-0.1, -0.05) is 30.3 Å². The maximum atomic E-state index is 11.6. The Kier molecular flexibility index (Phi) is 6.94. The second-order valence-corrected chi connectivity index (χ2v) is 4.60. The number of ketones is 1. The fourth-order valence-corrected chi connectivity index (χ4v) is 1.66. The Labute approximate surface area is 123 Å². The molecule has 0 bridgehead atoms. The summed E-state index contributed by atoms with van der Waals surface area (Å²) >= 11 is 0. The van der Waals surface area contributed by atoms with Crippen molar-refractivity contribution >= 4 is 17.8 Å². The van der Waals surface area contributed by atoms with Gasteiger partial charge in [-0.3, -0.25) is 9.59 Å². The number of methoxy groups -OCH3 is 1. The average Bonchev–Trinajstić information content (AvgIpc) is 2.45. The van der Waals surface area contributed by atoms with Crippen molar-refractivity contribution in [1.29, 1.82) is 0 Å². The van der Waals surface area contributed by atoms with Crippen molar-refractivity contribution in [1.82, 2.24) is 5.32 Å². The SMILES string of the molecule is COC(=O)CC(=O)CC(C)NC(=O)OCc1ccccc1. The summed E-state index contributed by atoms with van der Waals surface area (Å²) in [5, 5.41) is 2.54. The number of hydrogen-bond acceptors (Lipinski definition) is 5. The molecule has 0 spiro atoms. The van der Waals surface area contributed by atoms with E-state index in [-0.39, 0.29) is 25.2 Å². The largest absolute Gasteiger partial charge is 0.469 e. The quantitative estimate of drug-likeness (QED) is 0.612. The van der Waals surface area contributed by atoms with Gasteiger partial charge in [-0.25, -0.2) is 4.79 Å². The molecule has 6 heteroatoms.